The van der Waals surface area contributed by atoms with Crippen molar-refractivity contribution in [2.24, 2.45) is 0 Å². The van der Waals surface area contributed by atoms with Gasteiger partial charge in [-0.15, -0.1) is 0 Å². The van der Waals surface area contributed by atoms with Crippen LogP contribution in [0.4, 0.5) is 0 Å². The average Bonchev–Trinajstić information content (AvgIpc) is 2.65. The second-order valence-corrected chi connectivity index (χ2v) is 7.14. The number of ether oxygens (including phenoxy) is 2. The first-order valence-electron chi connectivity index (χ1n) is 9.32. The Hall–Kier alpha value is -2.04. The molecule has 1 N–H and O–H groups in total. The Morgan fingerprint density at radius 3 is 2.46 bits per heavy atom. The molecule has 0 aliphatic heterocycles. The van der Waals surface area contributed by atoms with Gasteiger partial charge in [0.25, 0.3) is 0 Å². The van der Waals surface area contributed by atoms with Crippen LogP contribution in [-0.2, 0) is 6.54 Å². The molecule has 0 radical (unpaired) electrons. The summed E-state index contributed by atoms with van der Waals surface area (Å²) in [5, 5.41) is 11.0. The number of aryl methyl sites for hydroxylation is 1. The first-order chi connectivity index (χ1) is 12.6. The molecule has 0 spiro atoms. The van der Waals surface area contributed by atoms with Gasteiger partial charge in [0.2, 0.25) is 0 Å². The fourth-order valence-corrected chi connectivity index (χ4v) is 3.80. The van der Waals surface area contributed by atoms with Crippen LogP contribution in [0.25, 0.3) is 0 Å². The monoisotopic (exact) mass is 355 g/mol. The van der Waals surface area contributed by atoms with Crippen LogP contribution in [0.5, 0.6) is 11.5 Å². The first kappa shape index (κ1) is 18.7. The predicted octanol–water partition coefficient (Wildman–Crippen LogP) is 3.80. The number of methoxy groups -OCH3 is 1. The maximum Gasteiger partial charge on any atom is 0.126 e. The molecular formula is C22H29NO3. The molecule has 4 nitrogen and oxygen atoms in total. The molecule has 2 aromatic rings. The molecule has 1 fully saturated rings. The van der Waals surface area contributed by atoms with Crippen LogP contribution < -0.4 is 9.47 Å². The van der Waals surface area contributed by atoms with Gasteiger partial charge in [-0.05, 0) is 50.9 Å². The summed E-state index contributed by atoms with van der Waals surface area (Å²) in [7, 11) is 3.76. The summed E-state index contributed by atoms with van der Waals surface area (Å²) >= 11 is 0. The Bertz CT molecular complexity index is 718. The molecule has 3 rings (SSSR count). The van der Waals surface area contributed by atoms with E-state index in [-0.39, 0.29) is 12.1 Å². The lowest BCUT2D eigenvalue weighted by Crippen LogP contribution is -2.51. The zero-order valence-electron chi connectivity index (χ0n) is 15.9. The summed E-state index contributed by atoms with van der Waals surface area (Å²) in [6.45, 7) is 2.78. The number of hydrogen-bond donors (Lipinski definition) is 1. The van der Waals surface area contributed by atoms with Crippen molar-refractivity contribution in [1.29, 1.82) is 0 Å². The van der Waals surface area contributed by atoms with E-state index in [1.54, 1.807) is 7.11 Å². The molecule has 3 atom stereocenters. The Labute approximate surface area is 156 Å². The van der Waals surface area contributed by atoms with Gasteiger partial charge >= 0.3 is 0 Å². The molecule has 1 saturated carbocycles. The van der Waals surface area contributed by atoms with E-state index in [1.165, 1.54) is 0 Å². The minimum Gasteiger partial charge on any atom is -0.496 e. The fraction of sp³-hybridized carbons (Fsp3) is 0.455. The van der Waals surface area contributed by atoms with Gasteiger partial charge in [0.15, 0.2) is 0 Å². The van der Waals surface area contributed by atoms with Gasteiger partial charge in [0.1, 0.15) is 23.7 Å². The second-order valence-electron chi connectivity index (χ2n) is 7.14. The van der Waals surface area contributed by atoms with Crippen molar-refractivity contribution in [3.8, 4) is 11.5 Å². The number of hydrogen-bond acceptors (Lipinski definition) is 4. The smallest absolute Gasteiger partial charge is 0.126 e. The Morgan fingerprint density at radius 2 is 1.73 bits per heavy atom. The number of benzene rings is 2. The molecule has 1 aliphatic carbocycles. The van der Waals surface area contributed by atoms with E-state index in [1.807, 2.05) is 49.4 Å². The summed E-state index contributed by atoms with van der Waals surface area (Å²) in [4.78, 5) is 2.22. The SMILES string of the molecule is COc1ccccc1CN(C)[C@H]1CCC[C@@H](Oc2ccccc2C)[C@@H]1O. The van der Waals surface area contributed by atoms with Gasteiger partial charge in [0, 0.05) is 18.2 Å². The lowest BCUT2D eigenvalue weighted by molar-refractivity contribution is -0.0494. The zero-order valence-corrected chi connectivity index (χ0v) is 15.9. The number of aliphatic hydroxyl groups is 1. The Morgan fingerprint density at radius 1 is 1.04 bits per heavy atom. The maximum absolute atomic E-state index is 11.0. The van der Waals surface area contributed by atoms with E-state index in [2.05, 4.69) is 18.0 Å². The van der Waals surface area contributed by atoms with Crippen LogP contribution in [0.1, 0.15) is 30.4 Å². The zero-order chi connectivity index (χ0) is 18.5. The van der Waals surface area contributed by atoms with E-state index in [0.717, 1.165) is 48.4 Å². The molecular weight excluding hydrogens is 326 g/mol. The Kier molecular flexibility index (Phi) is 6.17. The van der Waals surface area contributed by atoms with Crippen LogP contribution >= 0.6 is 0 Å². The van der Waals surface area contributed by atoms with E-state index < -0.39 is 6.10 Å². The predicted molar refractivity (Wildman–Crippen MR) is 104 cm³/mol. The number of rotatable bonds is 6. The Balaban J connectivity index is 1.68. The lowest BCUT2D eigenvalue weighted by Gasteiger charge is -2.40. The molecule has 4 heteroatoms. The van der Waals surface area contributed by atoms with Gasteiger partial charge in [-0.1, -0.05) is 36.4 Å². The van der Waals surface area contributed by atoms with Crippen LogP contribution in [0.15, 0.2) is 48.5 Å². The molecule has 140 valence electrons. The molecule has 0 amide bonds. The standard InChI is InChI=1S/C22H29NO3/c1-16-9-4-6-12-19(16)26-21-14-8-11-18(22(21)24)23(2)15-17-10-5-7-13-20(17)25-3/h4-7,9-10,12-13,18,21-22,24H,8,11,14-15H2,1-3H3/t18-,21+,22+/m0/s1. The number of nitrogens with zero attached hydrogens (tertiary/aromatic N) is 1. The van der Waals surface area contributed by atoms with Crippen molar-refractivity contribution < 1.29 is 14.6 Å². The molecule has 0 saturated heterocycles. The van der Waals surface area contributed by atoms with E-state index in [4.69, 9.17) is 9.47 Å². The highest BCUT2D eigenvalue weighted by atomic mass is 16.5. The average molecular weight is 355 g/mol. The third-order valence-electron chi connectivity index (χ3n) is 5.31. The molecule has 26 heavy (non-hydrogen) atoms. The normalized spacial score (nSPS) is 23.0. The number of likely N-dealkylation sites (N-methyl/N-ethyl adjacent to an activating group) is 1. The molecule has 0 unspecified atom stereocenters. The summed E-state index contributed by atoms with van der Waals surface area (Å²) < 4.78 is 11.6. The third-order valence-corrected chi connectivity index (χ3v) is 5.31. The summed E-state index contributed by atoms with van der Waals surface area (Å²) in [6.07, 6.45) is 2.22. The largest absolute Gasteiger partial charge is 0.496 e. The van der Waals surface area contributed by atoms with Crippen molar-refractivity contribution in [3.05, 3.63) is 59.7 Å². The number of para-hydroxylation sites is 2. The van der Waals surface area contributed by atoms with Gasteiger partial charge in [-0.25, -0.2) is 0 Å². The summed E-state index contributed by atoms with van der Waals surface area (Å²) in [5.74, 6) is 1.75. The van der Waals surface area contributed by atoms with Gasteiger partial charge in [-0.2, -0.15) is 0 Å². The van der Waals surface area contributed by atoms with Gasteiger partial charge in [-0.3, -0.25) is 4.90 Å². The van der Waals surface area contributed by atoms with Crippen molar-refractivity contribution in [3.63, 3.8) is 0 Å². The van der Waals surface area contributed by atoms with Gasteiger partial charge in [0.05, 0.1) is 7.11 Å². The van der Waals surface area contributed by atoms with E-state index >= 15 is 0 Å². The van der Waals surface area contributed by atoms with Crippen molar-refractivity contribution in [1.82, 2.24) is 4.90 Å². The summed E-state index contributed by atoms with van der Waals surface area (Å²) in [6, 6.07) is 16.1. The third kappa shape index (κ3) is 4.19. The van der Waals surface area contributed by atoms with Crippen LogP contribution in [0.2, 0.25) is 0 Å². The molecule has 0 bridgehead atoms. The van der Waals surface area contributed by atoms with E-state index in [0.29, 0.717) is 0 Å². The molecule has 1 aliphatic rings. The van der Waals surface area contributed by atoms with Crippen LogP contribution in [0.3, 0.4) is 0 Å². The van der Waals surface area contributed by atoms with Gasteiger partial charge < -0.3 is 14.6 Å². The maximum atomic E-state index is 11.0. The molecule has 0 heterocycles. The number of aliphatic hydroxyl groups excluding tert-OH is 1. The van der Waals surface area contributed by atoms with E-state index in [9.17, 15) is 5.11 Å². The highest BCUT2D eigenvalue weighted by Crippen LogP contribution is 2.30. The quantitative estimate of drug-likeness (QED) is 0.856. The highest BCUT2D eigenvalue weighted by molar-refractivity contribution is 5.33. The second kappa shape index (κ2) is 8.56. The minimum absolute atomic E-state index is 0.0719. The molecule has 0 aromatic heterocycles. The minimum atomic E-state index is -0.511. The highest BCUT2D eigenvalue weighted by Gasteiger charge is 2.36. The fourth-order valence-electron chi connectivity index (χ4n) is 3.80. The lowest BCUT2D eigenvalue weighted by atomic mass is 9.88. The van der Waals surface area contributed by atoms with Crippen LogP contribution in [0, 0.1) is 6.92 Å². The van der Waals surface area contributed by atoms with Crippen LogP contribution in [-0.4, -0.2) is 42.4 Å². The first-order valence-corrected chi connectivity index (χ1v) is 9.32. The molecule has 2 aromatic carbocycles. The van der Waals surface area contributed by atoms with Crippen molar-refractivity contribution in [2.45, 2.75) is 51.0 Å². The topological polar surface area (TPSA) is 41.9 Å². The van der Waals surface area contributed by atoms with Crippen molar-refractivity contribution >= 4 is 0 Å². The van der Waals surface area contributed by atoms with Crippen molar-refractivity contribution in [2.75, 3.05) is 14.2 Å². The summed E-state index contributed by atoms with van der Waals surface area (Å²) in [5.41, 5.74) is 2.23.